The Hall–Kier alpha value is -3.61. The highest BCUT2D eigenvalue weighted by molar-refractivity contribution is 5.85. The molecule has 3 N–H and O–H groups in total. The molecule has 34 heavy (non-hydrogen) atoms. The van der Waals surface area contributed by atoms with E-state index in [4.69, 9.17) is 10.5 Å². The number of amides is 1. The molecule has 0 saturated heterocycles. The van der Waals surface area contributed by atoms with Crippen LogP contribution in [0.2, 0.25) is 0 Å². The van der Waals surface area contributed by atoms with Crippen LogP contribution in [-0.2, 0) is 22.6 Å². The molecule has 0 saturated carbocycles. The Morgan fingerprint density at radius 2 is 1.79 bits per heavy atom. The molecule has 0 aliphatic heterocycles. The molecule has 2 atom stereocenters. The molecule has 2 aromatic carbocycles. The van der Waals surface area contributed by atoms with Gasteiger partial charge in [-0.3, -0.25) is 4.79 Å². The lowest BCUT2D eigenvalue weighted by molar-refractivity contribution is -0.126. The minimum atomic E-state index is -1.08. The first-order valence-corrected chi connectivity index (χ1v) is 11.3. The van der Waals surface area contributed by atoms with Gasteiger partial charge in [-0.2, -0.15) is 10.1 Å². The molecule has 0 aliphatic carbocycles. The van der Waals surface area contributed by atoms with Crippen molar-refractivity contribution in [3.05, 3.63) is 77.6 Å². The summed E-state index contributed by atoms with van der Waals surface area (Å²) in [5.74, 6) is -0.0388. The third-order valence-corrected chi connectivity index (χ3v) is 5.30. The zero-order valence-electron chi connectivity index (χ0n) is 19.6. The number of nitrogens with zero attached hydrogens (tertiary/aromatic N) is 5. The number of hydrogen-bond acceptors (Lipinski definition) is 7. The van der Waals surface area contributed by atoms with Crippen molar-refractivity contribution >= 4 is 5.91 Å². The molecule has 3 rings (SSSR count). The predicted octanol–water partition coefficient (Wildman–Crippen LogP) is 2.87. The minimum Gasteiger partial charge on any atom is -0.374 e. The summed E-state index contributed by atoms with van der Waals surface area (Å²) in [6, 6.07) is 21.1. The van der Waals surface area contributed by atoms with Crippen LogP contribution in [0.25, 0.3) is 0 Å². The zero-order chi connectivity index (χ0) is 24.4. The Balaban J connectivity index is 1.72. The normalized spacial score (nSPS) is 13.1. The lowest BCUT2D eigenvalue weighted by Gasteiger charge is -2.22. The minimum absolute atomic E-state index is 0.148. The first-order chi connectivity index (χ1) is 16.4. The van der Waals surface area contributed by atoms with E-state index in [2.05, 4.69) is 26.8 Å². The number of hydrogen-bond donors (Lipinski definition) is 2. The second-order valence-corrected chi connectivity index (χ2v) is 8.76. The van der Waals surface area contributed by atoms with Crippen LogP contribution in [0.4, 0.5) is 0 Å². The highest BCUT2D eigenvalue weighted by Crippen LogP contribution is 2.19. The molecule has 0 fully saturated rings. The summed E-state index contributed by atoms with van der Waals surface area (Å²) >= 11 is 0. The van der Waals surface area contributed by atoms with Crippen LogP contribution in [0, 0.1) is 11.3 Å². The summed E-state index contributed by atoms with van der Waals surface area (Å²) in [5, 5.41) is 25.1. The number of nitrogens with two attached hydrogens (primary N) is 1. The van der Waals surface area contributed by atoms with Crippen LogP contribution in [0.5, 0.6) is 0 Å². The number of nitrogens with one attached hydrogen (secondary N) is 1. The van der Waals surface area contributed by atoms with Gasteiger partial charge in [-0.05, 0) is 43.0 Å². The van der Waals surface area contributed by atoms with Crippen molar-refractivity contribution in [2.75, 3.05) is 6.61 Å². The second-order valence-electron chi connectivity index (χ2n) is 8.76. The van der Waals surface area contributed by atoms with E-state index in [1.807, 2.05) is 60.7 Å². The van der Waals surface area contributed by atoms with Crippen molar-refractivity contribution < 1.29 is 9.53 Å². The number of ether oxygens (including phenoxy) is 1. The topological polar surface area (TPSA) is 132 Å². The zero-order valence-corrected chi connectivity index (χ0v) is 19.6. The highest BCUT2D eigenvalue weighted by atomic mass is 16.5. The number of tetrazole rings is 1. The molecule has 0 bridgehead atoms. The molecule has 1 aromatic heterocycles. The summed E-state index contributed by atoms with van der Waals surface area (Å²) in [6.07, 6.45) is 1.72. The average molecular weight is 462 g/mol. The van der Waals surface area contributed by atoms with Gasteiger partial charge < -0.3 is 15.8 Å². The van der Waals surface area contributed by atoms with Gasteiger partial charge in [0.15, 0.2) is 5.82 Å². The van der Waals surface area contributed by atoms with Gasteiger partial charge in [-0.1, -0.05) is 60.7 Å². The van der Waals surface area contributed by atoms with E-state index < -0.39 is 11.6 Å². The Labute approximate surface area is 199 Å². The number of aryl methyl sites for hydroxylation is 1. The number of carbonyl (C=O) groups excluding carboxylic acids is 1. The first kappa shape index (κ1) is 25.0. The standard InChI is InChI=1S/C25H31N7O2/c1-25(2,27)24(33)28-22(18-34-17-20-11-7-4-8-12-20)23-29-31-32(30-23)21(15-16-26)14-13-19-9-5-3-6-10-19/h3-12,21-22H,13-15,17-18,27H2,1-2H3,(H,28,33). The predicted molar refractivity (Wildman–Crippen MR) is 127 cm³/mol. The van der Waals surface area contributed by atoms with Gasteiger partial charge >= 0.3 is 0 Å². The van der Waals surface area contributed by atoms with E-state index >= 15 is 0 Å². The van der Waals surface area contributed by atoms with Crippen LogP contribution >= 0.6 is 0 Å². The van der Waals surface area contributed by atoms with Gasteiger partial charge in [-0.25, -0.2) is 0 Å². The number of rotatable bonds is 12. The quantitative estimate of drug-likeness (QED) is 0.424. The number of nitriles is 1. The molecule has 178 valence electrons. The summed E-state index contributed by atoms with van der Waals surface area (Å²) in [4.78, 5) is 14.0. The van der Waals surface area contributed by atoms with E-state index in [1.54, 1.807) is 13.8 Å². The fraction of sp³-hybridized carbons (Fsp3) is 0.400. The Bertz CT molecular complexity index is 1070. The monoisotopic (exact) mass is 461 g/mol. The number of aromatic nitrogens is 4. The lowest BCUT2D eigenvalue weighted by Crippen LogP contribution is -2.50. The van der Waals surface area contributed by atoms with Gasteiger partial charge in [0, 0.05) is 0 Å². The Kier molecular flexibility index (Phi) is 8.85. The Morgan fingerprint density at radius 1 is 1.15 bits per heavy atom. The number of benzene rings is 2. The van der Waals surface area contributed by atoms with Crippen molar-refractivity contribution in [2.45, 2.75) is 57.3 Å². The van der Waals surface area contributed by atoms with Gasteiger partial charge in [0.2, 0.25) is 5.91 Å². The highest BCUT2D eigenvalue weighted by Gasteiger charge is 2.28. The molecule has 3 aromatic rings. The fourth-order valence-electron chi connectivity index (χ4n) is 3.31. The molecule has 9 nitrogen and oxygen atoms in total. The maximum absolute atomic E-state index is 12.6. The van der Waals surface area contributed by atoms with Crippen molar-refractivity contribution in [1.82, 2.24) is 25.5 Å². The Morgan fingerprint density at radius 3 is 2.41 bits per heavy atom. The molecule has 0 aliphatic rings. The van der Waals surface area contributed by atoms with Crippen LogP contribution in [-0.4, -0.2) is 38.3 Å². The van der Waals surface area contributed by atoms with E-state index in [-0.39, 0.29) is 25.0 Å². The van der Waals surface area contributed by atoms with Crippen LogP contribution in [0.15, 0.2) is 60.7 Å². The summed E-state index contributed by atoms with van der Waals surface area (Å²) < 4.78 is 5.85. The molecular formula is C25H31N7O2. The largest absolute Gasteiger partial charge is 0.374 e. The third kappa shape index (κ3) is 7.47. The summed E-state index contributed by atoms with van der Waals surface area (Å²) in [5.41, 5.74) is 7.07. The van der Waals surface area contributed by atoms with Gasteiger partial charge in [0.25, 0.3) is 0 Å². The van der Waals surface area contributed by atoms with Gasteiger partial charge in [0.05, 0.1) is 37.3 Å². The van der Waals surface area contributed by atoms with Gasteiger partial charge in [-0.15, -0.1) is 10.2 Å². The van der Waals surface area contributed by atoms with E-state index in [1.165, 1.54) is 10.4 Å². The van der Waals surface area contributed by atoms with E-state index in [0.717, 1.165) is 12.0 Å². The number of carbonyl (C=O) groups is 1. The van der Waals surface area contributed by atoms with Crippen molar-refractivity contribution in [2.24, 2.45) is 5.73 Å². The average Bonchev–Trinajstić information content (AvgIpc) is 3.32. The molecule has 0 radical (unpaired) electrons. The fourth-order valence-corrected chi connectivity index (χ4v) is 3.31. The van der Waals surface area contributed by atoms with Crippen LogP contribution in [0.1, 0.15) is 55.7 Å². The van der Waals surface area contributed by atoms with Crippen LogP contribution < -0.4 is 11.1 Å². The van der Waals surface area contributed by atoms with Crippen molar-refractivity contribution in [3.63, 3.8) is 0 Å². The van der Waals surface area contributed by atoms with Crippen molar-refractivity contribution in [3.8, 4) is 6.07 Å². The van der Waals surface area contributed by atoms with E-state index in [9.17, 15) is 10.1 Å². The molecular weight excluding hydrogens is 430 g/mol. The molecule has 0 spiro atoms. The second kappa shape index (κ2) is 12.0. The van der Waals surface area contributed by atoms with E-state index in [0.29, 0.717) is 18.9 Å². The van der Waals surface area contributed by atoms with Gasteiger partial charge in [0.1, 0.15) is 6.04 Å². The van der Waals surface area contributed by atoms with Crippen LogP contribution in [0.3, 0.4) is 0 Å². The molecule has 9 heteroatoms. The maximum atomic E-state index is 12.6. The lowest BCUT2D eigenvalue weighted by atomic mass is 10.0. The molecule has 1 amide bonds. The maximum Gasteiger partial charge on any atom is 0.240 e. The third-order valence-electron chi connectivity index (χ3n) is 5.30. The first-order valence-electron chi connectivity index (χ1n) is 11.3. The molecule has 2 unspecified atom stereocenters. The summed E-state index contributed by atoms with van der Waals surface area (Å²) in [7, 11) is 0. The summed E-state index contributed by atoms with van der Waals surface area (Å²) in [6.45, 7) is 3.78. The SMILES string of the molecule is CC(C)(N)C(=O)NC(COCc1ccccc1)c1nnn(C(CC#N)CCc2ccccc2)n1. The van der Waals surface area contributed by atoms with Crippen molar-refractivity contribution in [1.29, 1.82) is 5.26 Å². The molecule has 1 heterocycles. The smallest absolute Gasteiger partial charge is 0.240 e.